The van der Waals surface area contributed by atoms with Crippen LogP contribution in [-0.2, 0) is 9.59 Å². The van der Waals surface area contributed by atoms with Gasteiger partial charge in [-0.25, -0.2) is 4.79 Å². The van der Waals surface area contributed by atoms with Crippen molar-refractivity contribution in [2.45, 2.75) is 57.2 Å². The standard InChI is InChI=1S/C36H48N8O7/c1-22(2)33(35(47)44-21-25(45)15-29(44)36(48)49)31-17-32(40-51-31)50-14-13-41-9-7-23(8-10-41)19-42-11-12-43-24(20-42)18-37-34-28(43)16-27(38-39-34)26-5-3-4-6-30(26)46/h3-6,16-17,22-25,29,33,45-46H,7-15,18-21H2,1-2H3,(H,37,39)(H,48,49)/t24-,25+,29-,33+/m0/s1. The highest BCUT2D eigenvalue weighted by Crippen LogP contribution is 2.37. The molecule has 0 unspecified atom stereocenters. The van der Waals surface area contributed by atoms with E-state index in [1.807, 2.05) is 32.0 Å². The molecular formula is C36H48N8O7. The Balaban J connectivity index is 0.855. The van der Waals surface area contributed by atoms with E-state index in [1.165, 1.54) is 4.90 Å². The van der Waals surface area contributed by atoms with Crippen molar-refractivity contribution in [1.29, 1.82) is 0 Å². The number of β-amino-alcohol motifs (C(OH)–C–C–N with tert-alkyl or cyclic N) is 1. The molecule has 6 heterocycles. The van der Waals surface area contributed by atoms with Crippen LogP contribution in [0.25, 0.3) is 11.3 Å². The second-order valence-corrected chi connectivity index (χ2v) is 14.6. The fraction of sp³-hybridized carbons (Fsp3) is 0.583. The lowest BCUT2D eigenvalue weighted by Crippen LogP contribution is -2.58. The summed E-state index contributed by atoms with van der Waals surface area (Å²) in [5.41, 5.74) is 2.39. The first-order valence-corrected chi connectivity index (χ1v) is 18.1. The van der Waals surface area contributed by atoms with E-state index in [1.54, 1.807) is 18.2 Å². The zero-order chi connectivity index (χ0) is 35.6. The van der Waals surface area contributed by atoms with E-state index in [0.29, 0.717) is 41.5 Å². The maximum absolute atomic E-state index is 13.4. The van der Waals surface area contributed by atoms with Crippen LogP contribution in [0.4, 0.5) is 11.5 Å². The third kappa shape index (κ3) is 7.60. The van der Waals surface area contributed by atoms with Crippen molar-refractivity contribution < 1.29 is 34.2 Å². The third-order valence-electron chi connectivity index (χ3n) is 10.8. The molecule has 51 heavy (non-hydrogen) atoms. The van der Waals surface area contributed by atoms with E-state index < -0.39 is 29.9 Å². The van der Waals surface area contributed by atoms with Crippen molar-refractivity contribution in [2.24, 2.45) is 11.8 Å². The van der Waals surface area contributed by atoms with E-state index in [9.17, 15) is 24.9 Å². The lowest BCUT2D eigenvalue weighted by atomic mass is 9.91. The molecule has 4 aliphatic heterocycles. The Morgan fingerprint density at radius 3 is 2.63 bits per heavy atom. The molecule has 4 N–H and O–H groups in total. The van der Waals surface area contributed by atoms with Crippen LogP contribution in [-0.4, -0.2) is 141 Å². The Hall–Kier alpha value is -4.47. The van der Waals surface area contributed by atoms with Crippen LogP contribution >= 0.6 is 0 Å². The SMILES string of the molecule is CC(C)[C@@H](C(=O)N1C[C@H](O)C[C@H]1C(=O)O)c1cc(OCCN2CCC(CN3CCN4c5cc(-c6ccccc6O)nnc5NC[C@H]4C3)CC2)no1. The van der Waals surface area contributed by atoms with Gasteiger partial charge in [0.25, 0.3) is 5.88 Å². The molecule has 15 heteroatoms. The predicted molar refractivity (Wildman–Crippen MR) is 188 cm³/mol. The summed E-state index contributed by atoms with van der Waals surface area (Å²) in [7, 11) is 0. The summed E-state index contributed by atoms with van der Waals surface area (Å²) in [4.78, 5) is 33.8. The number of para-hydroxylation sites is 1. The topological polar surface area (TPSA) is 181 Å². The number of carbonyl (C=O) groups is 2. The number of hydrogen-bond donors (Lipinski definition) is 4. The average Bonchev–Trinajstić information content (AvgIpc) is 3.75. The van der Waals surface area contributed by atoms with Crippen LogP contribution in [0.15, 0.2) is 40.9 Å². The number of phenolic OH excluding ortho intramolecular Hbond substituents is 1. The molecule has 1 amide bonds. The van der Waals surface area contributed by atoms with E-state index in [2.05, 4.69) is 35.4 Å². The quantitative estimate of drug-likeness (QED) is 0.228. The van der Waals surface area contributed by atoms with Gasteiger partial charge in [0.15, 0.2) is 11.6 Å². The number of anilines is 2. The van der Waals surface area contributed by atoms with Crippen LogP contribution in [0.2, 0.25) is 0 Å². The van der Waals surface area contributed by atoms with Crippen LogP contribution in [0.3, 0.4) is 0 Å². The molecule has 4 aliphatic rings. The lowest BCUT2D eigenvalue weighted by molar-refractivity contribution is -0.149. The summed E-state index contributed by atoms with van der Waals surface area (Å²) in [5.74, 6) is -0.165. The molecule has 0 spiro atoms. The van der Waals surface area contributed by atoms with E-state index in [4.69, 9.17) is 9.26 Å². The molecule has 274 valence electrons. The molecule has 15 nitrogen and oxygen atoms in total. The third-order valence-corrected chi connectivity index (χ3v) is 10.8. The van der Waals surface area contributed by atoms with Gasteiger partial charge in [-0.2, -0.15) is 0 Å². The number of amides is 1. The summed E-state index contributed by atoms with van der Waals surface area (Å²) < 4.78 is 11.4. The van der Waals surface area contributed by atoms with Crippen LogP contribution < -0.4 is 15.0 Å². The Morgan fingerprint density at radius 1 is 1.06 bits per heavy atom. The highest BCUT2D eigenvalue weighted by molar-refractivity contribution is 5.88. The number of carbonyl (C=O) groups excluding carboxylic acids is 1. The monoisotopic (exact) mass is 704 g/mol. The maximum atomic E-state index is 13.4. The second kappa shape index (κ2) is 15.0. The Labute approximate surface area is 297 Å². The van der Waals surface area contributed by atoms with Crippen molar-refractivity contribution >= 4 is 23.4 Å². The van der Waals surface area contributed by atoms with Crippen LogP contribution in [0.1, 0.15) is 44.8 Å². The minimum Gasteiger partial charge on any atom is -0.507 e. The number of piperazine rings is 1. The molecule has 0 radical (unpaired) electrons. The Morgan fingerprint density at radius 2 is 1.86 bits per heavy atom. The number of likely N-dealkylation sites (tertiary alicyclic amines) is 2. The molecule has 2 aromatic heterocycles. The highest BCUT2D eigenvalue weighted by atomic mass is 16.5. The van der Waals surface area contributed by atoms with Gasteiger partial charge < -0.3 is 39.7 Å². The first-order valence-electron chi connectivity index (χ1n) is 18.1. The minimum absolute atomic E-state index is 0.0131. The number of aliphatic hydroxyl groups excluding tert-OH is 1. The summed E-state index contributed by atoms with van der Waals surface area (Å²) in [6.07, 6.45) is 1.40. The number of aromatic hydroxyl groups is 1. The van der Waals surface area contributed by atoms with Crippen molar-refractivity contribution in [3.05, 3.63) is 42.2 Å². The molecule has 0 aliphatic carbocycles. The highest BCUT2D eigenvalue weighted by Gasteiger charge is 2.43. The zero-order valence-corrected chi connectivity index (χ0v) is 29.2. The number of phenols is 1. The van der Waals surface area contributed by atoms with E-state index in [0.717, 1.165) is 76.7 Å². The number of hydrogen-bond acceptors (Lipinski definition) is 13. The number of carboxylic acid groups (broad SMARTS) is 1. The summed E-state index contributed by atoms with van der Waals surface area (Å²) in [6.45, 7) is 11.7. The number of nitrogens with zero attached hydrogens (tertiary/aromatic N) is 7. The summed E-state index contributed by atoms with van der Waals surface area (Å²) in [6, 6.07) is 10.2. The number of aliphatic hydroxyl groups is 1. The van der Waals surface area contributed by atoms with E-state index >= 15 is 0 Å². The van der Waals surface area contributed by atoms with Crippen LogP contribution in [0.5, 0.6) is 11.6 Å². The number of piperidine rings is 1. The maximum Gasteiger partial charge on any atom is 0.326 e. The smallest absolute Gasteiger partial charge is 0.326 e. The van der Waals surface area contributed by atoms with Gasteiger partial charge in [0.05, 0.1) is 23.5 Å². The summed E-state index contributed by atoms with van der Waals surface area (Å²) in [5, 5.41) is 46.3. The number of aromatic nitrogens is 3. The van der Waals surface area contributed by atoms with Gasteiger partial charge in [0.2, 0.25) is 5.91 Å². The number of carboxylic acids is 1. The van der Waals surface area contributed by atoms with Gasteiger partial charge in [-0.05, 0) is 61.1 Å². The number of nitrogens with one attached hydrogen (secondary N) is 1. The molecule has 1 aromatic carbocycles. The van der Waals surface area contributed by atoms with Crippen molar-refractivity contribution in [2.75, 3.05) is 75.7 Å². The predicted octanol–water partition coefficient (Wildman–Crippen LogP) is 2.33. The molecule has 7 rings (SSSR count). The average molecular weight is 705 g/mol. The van der Waals surface area contributed by atoms with Crippen molar-refractivity contribution in [1.82, 2.24) is 30.1 Å². The number of benzene rings is 1. The second-order valence-electron chi connectivity index (χ2n) is 14.6. The normalized spacial score (nSPS) is 23.5. The fourth-order valence-electron chi connectivity index (χ4n) is 8.07. The van der Waals surface area contributed by atoms with Crippen LogP contribution in [0, 0.1) is 11.8 Å². The lowest BCUT2D eigenvalue weighted by Gasteiger charge is -2.47. The summed E-state index contributed by atoms with van der Waals surface area (Å²) >= 11 is 0. The Bertz CT molecular complexity index is 1700. The molecule has 0 bridgehead atoms. The van der Waals surface area contributed by atoms with Gasteiger partial charge in [-0.3, -0.25) is 14.6 Å². The fourth-order valence-corrected chi connectivity index (χ4v) is 8.07. The first kappa shape index (κ1) is 35.0. The van der Waals surface area contributed by atoms with Gasteiger partial charge in [-0.1, -0.05) is 26.0 Å². The van der Waals surface area contributed by atoms with E-state index in [-0.39, 0.29) is 24.6 Å². The molecule has 3 aromatic rings. The molecular weight excluding hydrogens is 656 g/mol. The molecule has 4 atom stereocenters. The molecule has 0 saturated carbocycles. The zero-order valence-electron chi connectivity index (χ0n) is 29.2. The van der Waals surface area contributed by atoms with Gasteiger partial charge in [0.1, 0.15) is 24.3 Å². The van der Waals surface area contributed by atoms with Gasteiger partial charge in [-0.15, -0.1) is 10.2 Å². The number of fused-ring (bicyclic) bond motifs is 3. The largest absolute Gasteiger partial charge is 0.507 e. The van der Waals surface area contributed by atoms with Gasteiger partial charge >= 0.3 is 5.97 Å². The van der Waals surface area contributed by atoms with Crippen molar-refractivity contribution in [3.63, 3.8) is 0 Å². The Kier molecular flexibility index (Phi) is 10.3. The number of ether oxygens (including phenoxy) is 1. The van der Waals surface area contributed by atoms with Crippen molar-refractivity contribution in [3.8, 4) is 22.9 Å². The number of aliphatic carboxylic acids is 1. The molecule has 3 saturated heterocycles. The van der Waals surface area contributed by atoms with Gasteiger partial charge in [0, 0.05) is 63.9 Å². The molecule has 3 fully saturated rings. The first-order chi connectivity index (χ1) is 24.6. The number of rotatable bonds is 11. The minimum atomic E-state index is -1.13.